The molecule has 0 saturated carbocycles. The van der Waals surface area contributed by atoms with Crippen molar-refractivity contribution < 1.29 is 0 Å². The molecule has 3 aromatic rings. The molecule has 4 nitrogen and oxygen atoms in total. The van der Waals surface area contributed by atoms with Gasteiger partial charge in [-0.25, -0.2) is 9.97 Å². The van der Waals surface area contributed by atoms with Crippen molar-refractivity contribution in [2.75, 3.05) is 7.05 Å². The van der Waals surface area contributed by atoms with E-state index in [1.807, 2.05) is 19.3 Å². The SMILES string of the molecule is Cc1ccc2c(c1)c1c(n2C(C)Cc2cnc(C)nc2)CC2CCC1N2C. The van der Waals surface area contributed by atoms with Crippen molar-refractivity contribution in [3.63, 3.8) is 0 Å². The molecule has 0 amide bonds. The van der Waals surface area contributed by atoms with Crippen LogP contribution in [0, 0.1) is 13.8 Å². The van der Waals surface area contributed by atoms with Gasteiger partial charge >= 0.3 is 0 Å². The van der Waals surface area contributed by atoms with Crippen molar-refractivity contribution in [1.82, 2.24) is 19.4 Å². The second kappa shape index (κ2) is 6.16. The predicted molar refractivity (Wildman–Crippen MR) is 109 cm³/mol. The molecule has 0 radical (unpaired) electrons. The minimum absolute atomic E-state index is 0.396. The van der Waals surface area contributed by atoms with Crippen LogP contribution in [0.1, 0.15) is 60.1 Å². The lowest BCUT2D eigenvalue weighted by Gasteiger charge is -2.33. The zero-order chi connectivity index (χ0) is 18.7. The molecule has 0 aliphatic carbocycles. The van der Waals surface area contributed by atoms with E-state index in [2.05, 4.69) is 58.5 Å². The van der Waals surface area contributed by atoms with Crippen LogP contribution >= 0.6 is 0 Å². The Balaban J connectivity index is 1.64. The zero-order valence-corrected chi connectivity index (χ0v) is 16.7. The highest BCUT2D eigenvalue weighted by molar-refractivity contribution is 5.87. The van der Waals surface area contributed by atoms with Crippen molar-refractivity contribution in [1.29, 1.82) is 0 Å². The molecule has 0 N–H and O–H groups in total. The van der Waals surface area contributed by atoms with Crippen LogP contribution in [-0.2, 0) is 12.8 Å². The van der Waals surface area contributed by atoms with Crippen molar-refractivity contribution in [3.05, 3.63) is 58.8 Å². The molecule has 2 aromatic heterocycles. The minimum atomic E-state index is 0.396. The highest BCUT2D eigenvalue weighted by Gasteiger charge is 2.41. The van der Waals surface area contributed by atoms with Gasteiger partial charge in [0.25, 0.3) is 0 Å². The number of aryl methyl sites for hydroxylation is 2. The van der Waals surface area contributed by atoms with Gasteiger partial charge in [-0.2, -0.15) is 0 Å². The number of nitrogens with zero attached hydrogens (tertiary/aromatic N) is 4. The maximum atomic E-state index is 4.39. The molecule has 3 unspecified atom stereocenters. The van der Waals surface area contributed by atoms with Crippen LogP contribution in [0.15, 0.2) is 30.6 Å². The van der Waals surface area contributed by atoms with Crippen molar-refractivity contribution >= 4 is 10.9 Å². The molecular weight excluding hydrogens is 332 g/mol. The number of benzene rings is 1. The van der Waals surface area contributed by atoms with E-state index in [1.165, 1.54) is 41.3 Å². The molecule has 1 aromatic carbocycles. The monoisotopic (exact) mass is 360 g/mol. The van der Waals surface area contributed by atoms with Gasteiger partial charge < -0.3 is 4.57 Å². The van der Waals surface area contributed by atoms with E-state index in [0.29, 0.717) is 18.1 Å². The maximum absolute atomic E-state index is 4.39. The van der Waals surface area contributed by atoms with E-state index in [4.69, 9.17) is 0 Å². The highest BCUT2D eigenvalue weighted by atomic mass is 15.2. The molecule has 2 aliphatic rings. The average Bonchev–Trinajstić information content (AvgIpc) is 3.07. The first-order valence-corrected chi connectivity index (χ1v) is 10.2. The third-order valence-corrected chi connectivity index (χ3v) is 6.71. The summed E-state index contributed by atoms with van der Waals surface area (Å²) in [6, 6.07) is 8.67. The molecule has 2 bridgehead atoms. The third kappa shape index (κ3) is 2.61. The Morgan fingerprint density at radius 1 is 1.15 bits per heavy atom. The number of likely N-dealkylation sites (N-methyl/N-ethyl adjacent to an activating group) is 1. The number of aromatic nitrogens is 3. The van der Waals surface area contributed by atoms with Crippen LogP contribution in [0.2, 0.25) is 0 Å². The number of rotatable bonds is 3. The van der Waals surface area contributed by atoms with E-state index in [0.717, 1.165) is 12.2 Å². The van der Waals surface area contributed by atoms with Gasteiger partial charge in [-0.3, -0.25) is 4.90 Å². The van der Waals surface area contributed by atoms with Crippen LogP contribution in [0.3, 0.4) is 0 Å². The molecule has 5 rings (SSSR count). The topological polar surface area (TPSA) is 34.0 Å². The Morgan fingerprint density at radius 2 is 1.93 bits per heavy atom. The Hall–Kier alpha value is -2.20. The number of hydrogen-bond acceptors (Lipinski definition) is 3. The lowest BCUT2D eigenvalue weighted by molar-refractivity contribution is 0.221. The first-order chi connectivity index (χ1) is 13.0. The van der Waals surface area contributed by atoms with E-state index in [1.54, 1.807) is 11.3 Å². The second-order valence-electron chi connectivity index (χ2n) is 8.56. The second-order valence-corrected chi connectivity index (χ2v) is 8.56. The van der Waals surface area contributed by atoms with Gasteiger partial charge in [0, 0.05) is 53.5 Å². The molecule has 1 fully saturated rings. The third-order valence-electron chi connectivity index (χ3n) is 6.71. The number of hydrogen-bond donors (Lipinski definition) is 0. The van der Waals surface area contributed by atoms with E-state index < -0.39 is 0 Å². The average molecular weight is 361 g/mol. The van der Waals surface area contributed by atoms with Gasteiger partial charge in [0.15, 0.2) is 0 Å². The van der Waals surface area contributed by atoms with Crippen LogP contribution in [0.25, 0.3) is 10.9 Å². The Bertz CT molecular complexity index is 1000. The van der Waals surface area contributed by atoms with Crippen LogP contribution in [0.4, 0.5) is 0 Å². The highest BCUT2D eigenvalue weighted by Crippen LogP contribution is 2.47. The molecule has 3 atom stereocenters. The molecule has 140 valence electrons. The minimum Gasteiger partial charge on any atom is -0.341 e. The lowest BCUT2D eigenvalue weighted by atomic mass is 9.96. The molecule has 4 heteroatoms. The summed E-state index contributed by atoms with van der Waals surface area (Å²) in [5, 5.41) is 1.47. The summed E-state index contributed by atoms with van der Waals surface area (Å²) < 4.78 is 2.63. The summed E-state index contributed by atoms with van der Waals surface area (Å²) in [6.07, 6.45) is 8.72. The van der Waals surface area contributed by atoms with Gasteiger partial charge in [-0.15, -0.1) is 0 Å². The Labute approximate surface area is 161 Å². The van der Waals surface area contributed by atoms with Crippen LogP contribution in [0.5, 0.6) is 0 Å². The fraction of sp³-hybridized carbons (Fsp3) is 0.478. The molecule has 4 heterocycles. The van der Waals surface area contributed by atoms with Crippen molar-refractivity contribution in [2.24, 2.45) is 0 Å². The van der Waals surface area contributed by atoms with Gasteiger partial charge in [0.1, 0.15) is 5.82 Å². The van der Waals surface area contributed by atoms with Crippen molar-refractivity contribution in [2.45, 2.75) is 64.6 Å². The van der Waals surface area contributed by atoms with Gasteiger partial charge in [-0.1, -0.05) is 11.6 Å². The molecule has 1 saturated heterocycles. The van der Waals surface area contributed by atoms with Crippen LogP contribution < -0.4 is 0 Å². The smallest absolute Gasteiger partial charge is 0.125 e. The summed E-state index contributed by atoms with van der Waals surface area (Å²) in [6.45, 7) is 6.50. The summed E-state index contributed by atoms with van der Waals surface area (Å²) >= 11 is 0. The Morgan fingerprint density at radius 3 is 2.70 bits per heavy atom. The standard InChI is InChI=1S/C23H28N4/c1-14-5-7-20-19(9-14)23-21-8-6-18(26(21)4)11-22(23)27(20)15(2)10-17-12-24-16(3)25-13-17/h5,7,9,12-13,15,18,21H,6,8,10-11H2,1-4H3. The van der Waals surface area contributed by atoms with Gasteiger partial charge in [0.05, 0.1) is 0 Å². The van der Waals surface area contributed by atoms with Gasteiger partial charge in [0.2, 0.25) is 0 Å². The fourth-order valence-corrected chi connectivity index (χ4v) is 5.38. The lowest BCUT2D eigenvalue weighted by Crippen LogP contribution is -2.35. The first-order valence-electron chi connectivity index (χ1n) is 10.2. The molecular formula is C23H28N4. The first kappa shape index (κ1) is 16.9. The normalized spacial score (nSPS) is 23.0. The fourth-order valence-electron chi connectivity index (χ4n) is 5.38. The maximum Gasteiger partial charge on any atom is 0.125 e. The van der Waals surface area contributed by atoms with Gasteiger partial charge in [-0.05, 0) is 70.3 Å². The quantitative estimate of drug-likeness (QED) is 0.687. The molecule has 0 spiro atoms. The van der Waals surface area contributed by atoms with Crippen LogP contribution in [-0.4, -0.2) is 32.5 Å². The van der Waals surface area contributed by atoms with Crippen molar-refractivity contribution in [3.8, 4) is 0 Å². The zero-order valence-electron chi connectivity index (χ0n) is 16.7. The Kier molecular flexibility index (Phi) is 3.87. The van der Waals surface area contributed by atoms with E-state index in [9.17, 15) is 0 Å². The predicted octanol–water partition coefficient (Wildman–Crippen LogP) is 4.54. The van der Waals surface area contributed by atoms with E-state index >= 15 is 0 Å². The van der Waals surface area contributed by atoms with E-state index in [-0.39, 0.29) is 0 Å². The number of fused-ring (bicyclic) bond motifs is 6. The summed E-state index contributed by atoms with van der Waals surface area (Å²) in [5.41, 5.74) is 7.13. The summed E-state index contributed by atoms with van der Waals surface area (Å²) in [7, 11) is 2.32. The largest absolute Gasteiger partial charge is 0.341 e. The summed E-state index contributed by atoms with van der Waals surface area (Å²) in [5.74, 6) is 0.838. The summed E-state index contributed by atoms with van der Waals surface area (Å²) in [4.78, 5) is 11.4. The molecule has 2 aliphatic heterocycles. The molecule has 27 heavy (non-hydrogen) atoms.